The van der Waals surface area contributed by atoms with E-state index in [4.69, 9.17) is 0 Å². The highest BCUT2D eigenvalue weighted by molar-refractivity contribution is 7.80. The van der Waals surface area contributed by atoms with Crippen molar-refractivity contribution in [3.63, 3.8) is 0 Å². The largest absolute Gasteiger partial charge is 0.204 e. The van der Waals surface area contributed by atoms with Crippen LogP contribution in [-0.4, -0.2) is 0 Å². The molecule has 0 saturated heterocycles. The molecule has 0 nitrogen and oxygen atoms in total. The zero-order valence-electron chi connectivity index (χ0n) is 4.40. The summed E-state index contributed by atoms with van der Waals surface area (Å²) in [7, 11) is 0. The Labute approximate surface area is 56.9 Å². The van der Waals surface area contributed by atoms with Crippen molar-refractivity contribution < 1.29 is 8.78 Å². The van der Waals surface area contributed by atoms with Crippen molar-refractivity contribution in [2.45, 2.75) is 4.90 Å². The molecule has 0 aliphatic heterocycles. The fraction of sp³-hybridized carbons (Fsp3) is 0. The van der Waals surface area contributed by atoms with Gasteiger partial charge >= 0.3 is 0 Å². The van der Waals surface area contributed by atoms with Gasteiger partial charge in [-0.2, -0.15) is 0 Å². The van der Waals surface area contributed by atoms with Gasteiger partial charge in [0.15, 0.2) is 11.6 Å². The van der Waals surface area contributed by atoms with Gasteiger partial charge in [-0.15, -0.1) is 0 Å². The molecule has 1 rings (SSSR count). The van der Waals surface area contributed by atoms with Crippen molar-refractivity contribution in [2.75, 3.05) is 0 Å². The molecular weight excluding hydrogens is 142 g/mol. The predicted octanol–water partition coefficient (Wildman–Crippen LogP) is 2.52. The van der Waals surface area contributed by atoms with Crippen LogP contribution in [0.25, 0.3) is 0 Å². The van der Waals surface area contributed by atoms with Crippen LogP contribution in [0, 0.1) is 11.6 Å². The molecule has 1 aromatic rings. The lowest BCUT2D eigenvalue weighted by molar-refractivity contribution is 0.506. The van der Waals surface area contributed by atoms with E-state index in [0.29, 0.717) is 4.90 Å². The van der Waals surface area contributed by atoms with Crippen LogP contribution in [-0.2, 0) is 0 Å². The van der Waals surface area contributed by atoms with Crippen molar-refractivity contribution >= 4 is 12.6 Å². The molecule has 0 atom stereocenters. The normalized spacial score (nSPS) is 9.56. The summed E-state index contributed by atoms with van der Waals surface area (Å²) in [5.41, 5.74) is 0. The van der Waals surface area contributed by atoms with Crippen LogP contribution in [0.3, 0.4) is 0 Å². The molecule has 0 unspecified atom stereocenters. The Morgan fingerprint density at radius 2 is 1.78 bits per heavy atom. The number of halogens is 2. The van der Waals surface area contributed by atoms with Crippen LogP contribution in [0.15, 0.2) is 23.1 Å². The van der Waals surface area contributed by atoms with Crippen LogP contribution >= 0.6 is 12.6 Å². The molecule has 0 aliphatic rings. The first-order valence-electron chi connectivity index (χ1n) is 2.32. The maximum Gasteiger partial charge on any atom is 0.160 e. The quantitative estimate of drug-likeness (QED) is 0.526. The standard InChI is InChI=1S/C6H3F2S/c7-5-2-1-4(9)3-6(5)8/h1-3H. The zero-order valence-corrected chi connectivity index (χ0v) is 5.21. The van der Waals surface area contributed by atoms with Gasteiger partial charge in [-0.05, 0) is 18.2 Å². The minimum Gasteiger partial charge on any atom is -0.204 e. The lowest BCUT2D eigenvalue weighted by Crippen LogP contribution is -1.80. The summed E-state index contributed by atoms with van der Waals surface area (Å²) in [6.07, 6.45) is 0. The monoisotopic (exact) mass is 145 g/mol. The summed E-state index contributed by atoms with van der Waals surface area (Å²) in [6, 6.07) is 3.33. The van der Waals surface area contributed by atoms with E-state index in [1.54, 1.807) is 0 Å². The Morgan fingerprint density at radius 3 is 2.22 bits per heavy atom. The van der Waals surface area contributed by atoms with Gasteiger partial charge in [0.1, 0.15) is 0 Å². The van der Waals surface area contributed by atoms with Gasteiger partial charge in [0.25, 0.3) is 0 Å². The van der Waals surface area contributed by atoms with Gasteiger partial charge in [-0.25, -0.2) is 8.78 Å². The summed E-state index contributed by atoms with van der Waals surface area (Å²) in [4.78, 5) is 0.314. The maximum atomic E-state index is 12.1. The number of rotatable bonds is 0. The SMILES string of the molecule is Fc1ccc([S])cc1F. The Balaban J connectivity index is 3.17. The smallest absolute Gasteiger partial charge is 0.160 e. The van der Waals surface area contributed by atoms with Crippen molar-refractivity contribution in [3.8, 4) is 0 Å². The summed E-state index contributed by atoms with van der Waals surface area (Å²) in [5.74, 6) is -1.74. The van der Waals surface area contributed by atoms with E-state index in [2.05, 4.69) is 12.6 Å². The number of hydrogen-bond donors (Lipinski definition) is 0. The van der Waals surface area contributed by atoms with Gasteiger partial charge in [-0.1, -0.05) is 12.6 Å². The van der Waals surface area contributed by atoms with Crippen LogP contribution in [0.4, 0.5) is 8.78 Å². The highest BCUT2D eigenvalue weighted by Gasteiger charge is 1.98. The van der Waals surface area contributed by atoms with Crippen LogP contribution in [0.5, 0.6) is 0 Å². The minimum absolute atomic E-state index is 0.314. The molecule has 9 heavy (non-hydrogen) atoms. The summed E-state index contributed by atoms with van der Waals surface area (Å²) in [5, 5.41) is 0. The Kier molecular flexibility index (Phi) is 1.62. The average Bonchev–Trinajstić information content (AvgIpc) is 1.80. The second-order valence-corrected chi connectivity index (χ2v) is 2.05. The van der Waals surface area contributed by atoms with Crippen molar-refractivity contribution in [1.82, 2.24) is 0 Å². The van der Waals surface area contributed by atoms with E-state index in [9.17, 15) is 8.78 Å². The molecule has 1 aromatic carbocycles. The van der Waals surface area contributed by atoms with Crippen LogP contribution in [0.2, 0.25) is 0 Å². The van der Waals surface area contributed by atoms with Crippen LogP contribution < -0.4 is 0 Å². The van der Waals surface area contributed by atoms with E-state index < -0.39 is 11.6 Å². The number of hydrogen-bond acceptors (Lipinski definition) is 0. The van der Waals surface area contributed by atoms with Crippen LogP contribution in [0.1, 0.15) is 0 Å². The fourth-order valence-electron chi connectivity index (χ4n) is 0.477. The third-order valence-corrected chi connectivity index (χ3v) is 1.14. The second kappa shape index (κ2) is 2.27. The molecule has 0 amide bonds. The number of benzene rings is 1. The summed E-state index contributed by atoms with van der Waals surface area (Å²) in [6.45, 7) is 0. The third kappa shape index (κ3) is 1.36. The predicted molar refractivity (Wildman–Crippen MR) is 32.2 cm³/mol. The Morgan fingerprint density at radius 1 is 1.11 bits per heavy atom. The minimum atomic E-state index is -0.887. The van der Waals surface area contributed by atoms with Gasteiger partial charge in [0.2, 0.25) is 0 Å². The van der Waals surface area contributed by atoms with E-state index in [1.807, 2.05) is 0 Å². The first-order chi connectivity index (χ1) is 4.20. The Bertz CT molecular complexity index is 222. The van der Waals surface area contributed by atoms with Crippen molar-refractivity contribution in [3.05, 3.63) is 29.8 Å². The molecule has 0 fully saturated rings. The summed E-state index contributed by atoms with van der Waals surface area (Å²) >= 11 is 4.55. The van der Waals surface area contributed by atoms with Crippen molar-refractivity contribution in [1.29, 1.82) is 0 Å². The second-order valence-electron chi connectivity index (χ2n) is 1.58. The molecule has 0 spiro atoms. The molecule has 0 heterocycles. The molecule has 0 N–H and O–H groups in total. The van der Waals surface area contributed by atoms with E-state index in [-0.39, 0.29) is 0 Å². The average molecular weight is 145 g/mol. The lowest BCUT2D eigenvalue weighted by atomic mass is 10.3. The molecule has 1 radical (unpaired) electrons. The zero-order chi connectivity index (χ0) is 6.85. The molecule has 0 aliphatic carbocycles. The molecule has 47 valence electrons. The van der Waals surface area contributed by atoms with Gasteiger partial charge in [-0.3, -0.25) is 0 Å². The topological polar surface area (TPSA) is 0 Å². The Hall–Kier alpha value is -0.700. The van der Waals surface area contributed by atoms with Gasteiger partial charge < -0.3 is 0 Å². The summed E-state index contributed by atoms with van der Waals surface area (Å²) < 4.78 is 24.2. The maximum absolute atomic E-state index is 12.1. The van der Waals surface area contributed by atoms with Gasteiger partial charge in [0, 0.05) is 4.90 Å². The first-order valence-corrected chi connectivity index (χ1v) is 2.73. The molecular formula is C6H3F2S. The first kappa shape index (κ1) is 6.42. The highest BCUT2D eigenvalue weighted by atomic mass is 32.1. The van der Waals surface area contributed by atoms with Gasteiger partial charge in [0.05, 0.1) is 0 Å². The fourth-order valence-corrected chi connectivity index (χ4v) is 0.648. The third-order valence-electron chi connectivity index (χ3n) is 0.891. The molecule has 3 heteroatoms. The van der Waals surface area contributed by atoms with E-state index in [0.717, 1.165) is 12.1 Å². The molecule has 0 aromatic heterocycles. The lowest BCUT2D eigenvalue weighted by Gasteiger charge is -1.90. The molecule has 0 saturated carbocycles. The highest BCUT2D eigenvalue weighted by Crippen LogP contribution is 2.10. The van der Waals surface area contributed by atoms with E-state index >= 15 is 0 Å². The molecule has 0 bridgehead atoms. The van der Waals surface area contributed by atoms with E-state index in [1.165, 1.54) is 6.07 Å². The van der Waals surface area contributed by atoms with Crippen molar-refractivity contribution in [2.24, 2.45) is 0 Å².